The van der Waals surface area contributed by atoms with Crippen LogP contribution in [-0.4, -0.2) is 24.5 Å². The van der Waals surface area contributed by atoms with Gasteiger partial charge in [0, 0.05) is 12.1 Å². The Balaban J connectivity index is 1.92. The van der Waals surface area contributed by atoms with Crippen LogP contribution < -0.4 is 4.74 Å². The predicted octanol–water partition coefficient (Wildman–Crippen LogP) is 3.90. The Kier molecular flexibility index (Phi) is 4.07. The fraction of sp³-hybridized carbons (Fsp3) is 0.316. The van der Waals surface area contributed by atoms with Crippen molar-refractivity contribution >= 4 is 5.91 Å². The number of hydrogen-bond acceptors (Lipinski definition) is 2. The van der Waals surface area contributed by atoms with Gasteiger partial charge in [0.1, 0.15) is 11.6 Å². The third-order valence-corrected chi connectivity index (χ3v) is 4.56. The number of methoxy groups -OCH3 is 1. The monoisotopic (exact) mass is 313 g/mol. The van der Waals surface area contributed by atoms with Crippen LogP contribution in [0.3, 0.4) is 0 Å². The van der Waals surface area contributed by atoms with E-state index in [4.69, 9.17) is 4.74 Å². The van der Waals surface area contributed by atoms with Gasteiger partial charge in [-0.1, -0.05) is 12.1 Å². The minimum atomic E-state index is -0.262. The quantitative estimate of drug-likeness (QED) is 0.841. The SMILES string of the molecule is COc1cc(C(=O)N2CCc3ccc(F)cc3C2C)ccc1C. The Morgan fingerprint density at radius 3 is 2.78 bits per heavy atom. The summed E-state index contributed by atoms with van der Waals surface area (Å²) in [6.45, 7) is 4.52. The zero-order valence-corrected chi connectivity index (χ0v) is 13.6. The maximum atomic E-state index is 13.5. The van der Waals surface area contributed by atoms with E-state index in [1.165, 1.54) is 12.1 Å². The maximum absolute atomic E-state index is 13.5. The van der Waals surface area contributed by atoms with E-state index in [9.17, 15) is 9.18 Å². The zero-order valence-electron chi connectivity index (χ0n) is 13.6. The van der Waals surface area contributed by atoms with Crippen LogP contribution in [0, 0.1) is 12.7 Å². The van der Waals surface area contributed by atoms with Crippen molar-refractivity contribution in [3.8, 4) is 5.75 Å². The van der Waals surface area contributed by atoms with Crippen molar-refractivity contribution < 1.29 is 13.9 Å². The molecule has 0 bridgehead atoms. The molecule has 0 radical (unpaired) electrons. The normalized spacial score (nSPS) is 16.9. The number of carbonyl (C=O) groups excluding carboxylic acids is 1. The van der Waals surface area contributed by atoms with Gasteiger partial charge in [0.15, 0.2) is 0 Å². The second-order valence-electron chi connectivity index (χ2n) is 5.95. The van der Waals surface area contributed by atoms with E-state index in [1.807, 2.05) is 32.0 Å². The number of ether oxygens (including phenoxy) is 1. The number of benzene rings is 2. The van der Waals surface area contributed by atoms with E-state index in [1.54, 1.807) is 18.1 Å². The number of carbonyl (C=O) groups is 1. The highest BCUT2D eigenvalue weighted by Crippen LogP contribution is 2.31. The summed E-state index contributed by atoms with van der Waals surface area (Å²) in [6, 6.07) is 10.2. The summed E-state index contributed by atoms with van der Waals surface area (Å²) >= 11 is 0. The lowest BCUT2D eigenvalue weighted by atomic mass is 9.93. The van der Waals surface area contributed by atoms with Crippen molar-refractivity contribution in [2.45, 2.75) is 26.3 Å². The number of fused-ring (bicyclic) bond motifs is 1. The number of amides is 1. The highest BCUT2D eigenvalue weighted by molar-refractivity contribution is 5.95. The van der Waals surface area contributed by atoms with Crippen molar-refractivity contribution in [3.63, 3.8) is 0 Å². The Morgan fingerprint density at radius 1 is 1.26 bits per heavy atom. The second kappa shape index (κ2) is 6.03. The van der Waals surface area contributed by atoms with Crippen molar-refractivity contribution in [3.05, 3.63) is 64.5 Å². The zero-order chi connectivity index (χ0) is 16.6. The number of nitrogens with zero attached hydrogens (tertiary/aromatic N) is 1. The molecule has 1 amide bonds. The second-order valence-corrected chi connectivity index (χ2v) is 5.95. The van der Waals surface area contributed by atoms with E-state index in [0.29, 0.717) is 17.9 Å². The molecule has 3 nitrogen and oxygen atoms in total. The van der Waals surface area contributed by atoms with Gasteiger partial charge >= 0.3 is 0 Å². The first-order chi connectivity index (χ1) is 11.0. The molecule has 1 atom stereocenters. The molecule has 120 valence electrons. The first-order valence-electron chi connectivity index (χ1n) is 7.75. The molecule has 0 aliphatic carbocycles. The number of aryl methyl sites for hydroxylation is 1. The Bertz CT molecular complexity index is 757. The fourth-order valence-corrected chi connectivity index (χ4v) is 3.18. The van der Waals surface area contributed by atoms with E-state index in [-0.39, 0.29) is 17.8 Å². The largest absolute Gasteiger partial charge is 0.496 e. The Labute approximate surface area is 135 Å². The van der Waals surface area contributed by atoms with Gasteiger partial charge in [0.25, 0.3) is 5.91 Å². The predicted molar refractivity (Wildman–Crippen MR) is 87.3 cm³/mol. The average molecular weight is 313 g/mol. The molecule has 2 aromatic rings. The van der Waals surface area contributed by atoms with Crippen LogP contribution in [0.5, 0.6) is 5.75 Å². The molecule has 0 saturated heterocycles. The van der Waals surface area contributed by atoms with Crippen LogP contribution in [0.25, 0.3) is 0 Å². The van der Waals surface area contributed by atoms with Crippen molar-refractivity contribution in [2.24, 2.45) is 0 Å². The molecule has 1 unspecified atom stereocenters. The van der Waals surface area contributed by atoms with Gasteiger partial charge in [-0.2, -0.15) is 0 Å². The van der Waals surface area contributed by atoms with Gasteiger partial charge < -0.3 is 9.64 Å². The fourth-order valence-electron chi connectivity index (χ4n) is 3.18. The van der Waals surface area contributed by atoms with Gasteiger partial charge in [-0.15, -0.1) is 0 Å². The van der Waals surface area contributed by atoms with Gasteiger partial charge in [0.05, 0.1) is 13.2 Å². The summed E-state index contributed by atoms with van der Waals surface area (Å²) in [5, 5.41) is 0. The molecule has 4 heteroatoms. The van der Waals surface area contributed by atoms with Crippen LogP contribution in [0.2, 0.25) is 0 Å². The molecule has 0 aromatic heterocycles. The Morgan fingerprint density at radius 2 is 2.04 bits per heavy atom. The minimum Gasteiger partial charge on any atom is -0.496 e. The highest BCUT2D eigenvalue weighted by atomic mass is 19.1. The molecule has 1 aliphatic heterocycles. The lowest BCUT2D eigenvalue weighted by Gasteiger charge is -2.35. The van der Waals surface area contributed by atoms with E-state index >= 15 is 0 Å². The molecule has 0 saturated carbocycles. The van der Waals surface area contributed by atoms with Crippen LogP contribution in [0.1, 0.15) is 40.0 Å². The average Bonchev–Trinajstić information content (AvgIpc) is 2.55. The van der Waals surface area contributed by atoms with E-state index < -0.39 is 0 Å². The molecule has 2 aromatic carbocycles. The standard InChI is InChI=1S/C19H20FNO2/c1-12-4-5-15(10-18(12)23-3)19(22)21-9-8-14-6-7-16(20)11-17(14)13(21)2/h4-7,10-11,13H,8-9H2,1-3H3. The topological polar surface area (TPSA) is 29.5 Å². The first-order valence-corrected chi connectivity index (χ1v) is 7.75. The number of halogens is 1. The molecule has 0 fully saturated rings. The molecular weight excluding hydrogens is 293 g/mol. The van der Waals surface area contributed by atoms with Crippen molar-refractivity contribution in [1.29, 1.82) is 0 Å². The van der Waals surface area contributed by atoms with Gasteiger partial charge in [0.2, 0.25) is 0 Å². The number of rotatable bonds is 2. The van der Waals surface area contributed by atoms with Crippen molar-refractivity contribution in [1.82, 2.24) is 4.90 Å². The van der Waals surface area contributed by atoms with E-state index in [2.05, 4.69) is 0 Å². The van der Waals surface area contributed by atoms with Gasteiger partial charge in [-0.25, -0.2) is 4.39 Å². The third kappa shape index (κ3) is 2.81. The van der Waals surface area contributed by atoms with E-state index in [0.717, 1.165) is 23.1 Å². The molecule has 0 spiro atoms. The first kappa shape index (κ1) is 15.5. The molecule has 1 aliphatic rings. The summed E-state index contributed by atoms with van der Waals surface area (Å²) in [4.78, 5) is 14.7. The lowest BCUT2D eigenvalue weighted by molar-refractivity contribution is 0.0677. The summed E-state index contributed by atoms with van der Waals surface area (Å²) in [5.41, 5.74) is 3.59. The Hall–Kier alpha value is -2.36. The summed E-state index contributed by atoms with van der Waals surface area (Å²) in [5.74, 6) is 0.388. The minimum absolute atomic E-state index is 0.0503. The van der Waals surface area contributed by atoms with Gasteiger partial charge in [-0.3, -0.25) is 4.79 Å². The number of hydrogen-bond donors (Lipinski definition) is 0. The van der Waals surface area contributed by atoms with Crippen LogP contribution >= 0.6 is 0 Å². The smallest absolute Gasteiger partial charge is 0.254 e. The van der Waals surface area contributed by atoms with Gasteiger partial charge in [-0.05, 0) is 61.2 Å². The molecule has 3 rings (SSSR count). The third-order valence-electron chi connectivity index (χ3n) is 4.56. The molecule has 1 heterocycles. The van der Waals surface area contributed by atoms with Crippen molar-refractivity contribution in [2.75, 3.05) is 13.7 Å². The molecular formula is C19H20FNO2. The summed E-state index contributed by atoms with van der Waals surface area (Å²) in [6.07, 6.45) is 0.745. The van der Waals surface area contributed by atoms with Crippen LogP contribution in [0.4, 0.5) is 4.39 Å². The van der Waals surface area contributed by atoms with Crippen LogP contribution in [0.15, 0.2) is 36.4 Å². The maximum Gasteiger partial charge on any atom is 0.254 e. The summed E-state index contributed by atoms with van der Waals surface area (Å²) in [7, 11) is 1.60. The lowest BCUT2D eigenvalue weighted by Crippen LogP contribution is -2.38. The summed E-state index contributed by atoms with van der Waals surface area (Å²) < 4.78 is 18.8. The highest BCUT2D eigenvalue weighted by Gasteiger charge is 2.28. The molecule has 23 heavy (non-hydrogen) atoms. The molecule has 0 N–H and O–H groups in total. The van der Waals surface area contributed by atoms with Crippen LogP contribution in [-0.2, 0) is 6.42 Å².